The topological polar surface area (TPSA) is 64.3 Å². The van der Waals surface area contributed by atoms with Crippen LogP contribution < -0.4 is 15.8 Å². The number of fused-ring (bicyclic) bond motifs is 1. The van der Waals surface area contributed by atoms with Gasteiger partial charge in [0.2, 0.25) is 0 Å². The first-order chi connectivity index (χ1) is 10.2. The van der Waals surface area contributed by atoms with Crippen molar-refractivity contribution < 1.29 is 9.53 Å². The molecule has 3 N–H and O–H groups in total. The van der Waals surface area contributed by atoms with Crippen LogP contribution in [0.1, 0.15) is 22.5 Å². The van der Waals surface area contributed by atoms with Gasteiger partial charge in [0.25, 0.3) is 5.91 Å². The third-order valence-corrected chi connectivity index (χ3v) is 6.02. The zero-order valence-corrected chi connectivity index (χ0v) is 13.5. The van der Waals surface area contributed by atoms with Gasteiger partial charge in [0.15, 0.2) is 0 Å². The van der Waals surface area contributed by atoms with Crippen LogP contribution in [-0.4, -0.2) is 30.6 Å². The monoisotopic (exact) mass is 322 g/mol. The van der Waals surface area contributed by atoms with Gasteiger partial charge >= 0.3 is 0 Å². The van der Waals surface area contributed by atoms with Crippen LogP contribution in [0.4, 0.5) is 5.69 Å². The fourth-order valence-electron chi connectivity index (χ4n) is 2.50. The van der Waals surface area contributed by atoms with E-state index < -0.39 is 0 Å². The highest BCUT2D eigenvalue weighted by Crippen LogP contribution is 2.35. The summed E-state index contributed by atoms with van der Waals surface area (Å²) in [5.41, 5.74) is 6.71. The van der Waals surface area contributed by atoms with Crippen LogP contribution in [0.3, 0.4) is 0 Å². The van der Waals surface area contributed by atoms with Gasteiger partial charge in [-0.05, 0) is 36.8 Å². The van der Waals surface area contributed by atoms with Gasteiger partial charge in [0, 0.05) is 21.9 Å². The second-order valence-electron chi connectivity index (χ2n) is 5.09. The second kappa shape index (κ2) is 6.15. The van der Waals surface area contributed by atoms with E-state index in [2.05, 4.69) is 5.32 Å². The summed E-state index contributed by atoms with van der Waals surface area (Å²) in [5.74, 6) is 2.90. The molecule has 1 aromatic heterocycles. The van der Waals surface area contributed by atoms with Gasteiger partial charge in [0.05, 0.1) is 12.8 Å². The highest BCUT2D eigenvalue weighted by atomic mass is 32.2. The first-order valence-electron chi connectivity index (χ1n) is 6.93. The van der Waals surface area contributed by atoms with Crippen LogP contribution in [-0.2, 0) is 0 Å². The number of carbonyl (C=O) groups excluding carboxylic acids is 1. The summed E-state index contributed by atoms with van der Waals surface area (Å²) in [6.45, 7) is 0. The highest BCUT2D eigenvalue weighted by Gasteiger charge is 2.21. The van der Waals surface area contributed by atoms with Crippen LogP contribution in [0.2, 0.25) is 0 Å². The number of anilines is 1. The number of ether oxygens (including phenoxy) is 1. The summed E-state index contributed by atoms with van der Waals surface area (Å²) < 4.78 is 6.20. The number of methoxy groups -OCH3 is 1. The summed E-state index contributed by atoms with van der Waals surface area (Å²) in [6.07, 6.45) is 2.21. The number of hydrogen-bond acceptors (Lipinski definition) is 5. The van der Waals surface area contributed by atoms with E-state index in [1.807, 2.05) is 30.0 Å². The van der Waals surface area contributed by atoms with Crippen molar-refractivity contribution in [1.82, 2.24) is 5.32 Å². The Morgan fingerprint density at radius 2 is 2.33 bits per heavy atom. The molecule has 1 unspecified atom stereocenters. The van der Waals surface area contributed by atoms with Crippen molar-refractivity contribution in [3.63, 3.8) is 0 Å². The number of hydrogen-bond donors (Lipinski definition) is 2. The molecule has 0 saturated carbocycles. The number of rotatable bonds is 3. The lowest BCUT2D eigenvalue weighted by molar-refractivity contribution is 0.0943. The molecule has 3 rings (SSSR count). The van der Waals surface area contributed by atoms with Gasteiger partial charge in [-0.1, -0.05) is 0 Å². The second-order valence-corrected chi connectivity index (χ2v) is 7.30. The normalized spacial score (nSPS) is 18.6. The molecule has 0 radical (unpaired) electrons. The summed E-state index contributed by atoms with van der Waals surface area (Å²) in [5, 5.41) is 4.03. The molecule has 0 spiro atoms. The quantitative estimate of drug-likeness (QED) is 0.911. The lowest BCUT2D eigenvalue weighted by Crippen LogP contribution is -2.38. The molecule has 2 aromatic rings. The predicted molar refractivity (Wildman–Crippen MR) is 90.6 cm³/mol. The van der Waals surface area contributed by atoms with Crippen molar-refractivity contribution >= 4 is 44.8 Å². The number of nitrogen functional groups attached to an aromatic ring is 1. The molecule has 4 nitrogen and oxygen atoms in total. The van der Waals surface area contributed by atoms with Crippen molar-refractivity contribution in [2.45, 2.75) is 18.9 Å². The lowest BCUT2D eigenvalue weighted by Gasteiger charge is -2.22. The molecule has 0 bridgehead atoms. The average molecular weight is 322 g/mol. The Bertz CT molecular complexity index is 663. The molecule has 21 heavy (non-hydrogen) atoms. The minimum atomic E-state index is -0.0554. The molecule has 1 aliphatic heterocycles. The van der Waals surface area contributed by atoms with Crippen molar-refractivity contribution in [1.29, 1.82) is 0 Å². The lowest BCUT2D eigenvalue weighted by atomic mass is 10.1. The number of carbonyl (C=O) groups is 1. The van der Waals surface area contributed by atoms with Gasteiger partial charge in [-0.25, -0.2) is 0 Å². The third-order valence-electron chi connectivity index (χ3n) is 3.64. The van der Waals surface area contributed by atoms with Gasteiger partial charge < -0.3 is 15.8 Å². The smallest absolute Gasteiger partial charge is 0.263 e. The van der Waals surface area contributed by atoms with Gasteiger partial charge in [-0.3, -0.25) is 4.79 Å². The predicted octanol–water partition coefficient (Wildman–Crippen LogP) is 3.12. The third kappa shape index (κ3) is 2.96. The number of benzene rings is 1. The zero-order chi connectivity index (χ0) is 14.8. The molecule has 2 heterocycles. The first kappa shape index (κ1) is 14.5. The van der Waals surface area contributed by atoms with Crippen LogP contribution in [0.25, 0.3) is 10.1 Å². The number of nitrogens with two attached hydrogens (primary N) is 1. The van der Waals surface area contributed by atoms with E-state index in [4.69, 9.17) is 10.5 Å². The molecule has 0 aliphatic carbocycles. The molecular formula is C15H18N2O2S2. The maximum atomic E-state index is 12.4. The summed E-state index contributed by atoms with van der Waals surface area (Å²) in [6, 6.07) is 5.96. The van der Waals surface area contributed by atoms with Crippen LogP contribution in [0.5, 0.6) is 5.75 Å². The number of amides is 1. The van der Waals surface area contributed by atoms with Crippen molar-refractivity contribution in [2.24, 2.45) is 0 Å². The summed E-state index contributed by atoms with van der Waals surface area (Å²) in [4.78, 5) is 13.0. The largest absolute Gasteiger partial charge is 0.497 e. The average Bonchev–Trinajstić information content (AvgIpc) is 2.85. The molecular weight excluding hydrogens is 304 g/mol. The van der Waals surface area contributed by atoms with E-state index in [9.17, 15) is 4.79 Å². The van der Waals surface area contributed by atoms with E-state index in [-0.39, 0.29) is 11.9 Å². The van der Waals surface area contributed by atoms with Crippen LogP contribution in [0.15, 0.2) is 18.2 Å². The van der Waals surface area contributed by atoms with Gasteiger partial charge in [-0.2, -0.15) is 11.8 Å². The molecule has 1 fully saturated rings. The molecule has 1 aliphatic rings. The number of thiophene rings is 1. The van der Waals surface area contributed by atoms with Crippen molar-refractivity contribution in [3.8, 4) is 5.75 Å². The molecule has 1 aromatic carbocycles. The van der Waals surface area contributed by atoms with E-state index in [1.54, 1.807) is 7.11 Å². The van der Waals surface area contributed by atoms with Crippen molar-refractivity contribution in [2.75, 3.05) is 24.3 Å². The maximum absolute atomic E-state index is 12.4. The minimum absolute atomic E-state index is 0.0554. The fourth-order valence-corrected chi connectivity index (χ4v) is 4.62. The Kier molecular flexibility index (Phi) is 4.26. The Balaban J connectivity index is 1.85. The Labute approximate surface area is 132 Å². The van der Waals surface area contributed by atoms with Crippen molar-refractivity contribution in [3.05, 3.63) is 23.1 Å². The Hall–Kier alpha value is -1.40. The summed E-state index contributed by atoms with van der Waals surface area (Å²) >= 11 is 3.32. The zero-order valence-electron chi connectivity index (χ0n) is 11.8. The SMILES string of the molecule is COc1ccc2c(N)c(C(=O)NC3CCCSC3)sc2c1. The highest BCUT2D eigenvalue weighted by molar-refractivity contribution is 7.99. The van der Waals surface area contributed by atoms with E-state index >= 15 is 0 Å². The van der Waals surface area contributed by atoms with Crippen LogP contribution in [0, 0.1) is 0 Å². The first-order valence-corrected chi connectivity index (χ1v) is 8.91. The molecule has 6 heteroatoms. The fraction of sp³-hybridized carbons (Fsp3) is 0.400. The van der Waals surface area contributed by atoms with Crippen LogP contribution >= 0.6 is 23.1 Å². The minimum Gasteiger partial charge on any atom is -0.497 e. The van der Waals surface area contributed by atoms with Gasteiger partial charge in [-0.15, -0.1) is 11.3 Å². The Morgan fingerprint density at radius 1 is 1.48 bits per heavy atom. The molecule has 1 atom stereocenters. The van der Waals surface area contributed by atoms with E-state index in [0.717, 1.165) is 34.4 Å². The Morgan fingerprint density at radius 3 is 3.05 bits per heavy atom. The van der Waals surface area contributed by atoms with E-state index in [1.165, 1.54) is 17.1 Å². The van der Waals surface area contributed by atoms with E-state index in [0.29, 0.717) is 10.6 Å². The number of nitrogens with one attached hydrogen (secondary N) is 1. The van der Waals surface area contributed by atoms with Gasteiger partial charge in [0.1, 0.15) is 10.6 Å². The maximum Gasteiger partial charge on any atom is 0.263 e. The standard InChI is InChI=1S/C15H18N2O2S2/c1-19-10-4-5-11-12(7-10)21-14(13(11)16)15(18)17-9-3-2-6-20-8-9/h4-5,7,9H,2-3,6,8,16H2,1H3,(H,17,18). The molecule has 112 valence electrons. The summed E-state index contributed by atoms with van der Waals surface area (Å²) in [7, 11) is 1.63. The molecule has 1 saturated heterocycles. The molecule has 1 amide bonds. The number of thioether (sulfide) groups is 1.